The number of aliphatic hydroxyl groups excluding tert-OH is 1. The van der Waals surface area contributed by atoms with E-state index in [4.69, 9.17) is 10.2 Å². The number of nitrogens with zero attached hydrogens (tertiary/aromatic N) is 1. The highest BCUT2D eigenvalue weighted by Gasteiger charge is 2.16. The number of carboxylic acids is 1. The molecule has 0 fully saturated rings. The van der Waals surface area contributed by atoms with E-state index in [1.54, 1.807) is 12.1 Å². The van der Waals surface area contributed by atoms with Crippen LogP contribution in [0.1, 0.15) is 27.9 Å². The van der Waals surface area contributed by atoms with Crippen LogP contribution in [-0.4, -0.2) is 38.7 Å². The number of carbonyl (C=O) groups is 2. The number of phenolic OH excluding ortho intramolecular Hbond substituents is 1. The van der Waals surface area contributed by atoms with Crippen LogP contribution in [0, 0.1) is 6.92 Å². The van der Waals surface area contributed by atoms with Crippen molar-refractivity contribution in [1.29, 1.82) is 0 Å². The Bertz CT molecular complexity index is 1410. The van der Waals surface area contributed by atoms with Crippen molar-refractivity contribution >= 4 is 41.2 Å². The minimum Gasteiger partial charge on any atom is -0.508 e. The molecule has 1 amide bonds. The Morgan fingerprint density at radius 3 is 2.27 bits per heavy atom. The van der Waals surface area contributed by atoms with Crippen molar-refractivity contribution in [1.82, 2.24) is 10.3 Å². The molecule has 0 aliphatic heterocycles. The third-order valence-electron chi connectivity index (χ3n) is 5.48. The predicted octanol–water partition coefficient (Wildman–Crippen LogP) is 5.38. The average molecular weight is 497 g/mol. The van der Waals surface area contributed by atoms with Crippen molar-refractivity contribution < 1.29 is 24.9 Å². The summed E-state index contributed by atoms with van der Waals surface area (Å²) in [7, 11) is 0. The number of pyridine rings is 1. The molecular weight excluding hydrogens is 468 g/mol. The molecule has 1 aromatic heterocycles. The molecule has 0 saturated carbocycles. The Labute approximate surface area is 215 Å². The van der Waals surface area contributed by atoms with Crippen molar-refractivity contribution in [2.24, 2.45) is 0 Å². The second-order valence-electron chi connectivity index (χ2n) is 8.32. The molecule has 37 heavy (non-hydrogen) atoms. The van der Waals surface area contributed by atoms with Gasteiger partial charge >= 0.3 is 5.97 Å². The molecule has 3 aromatic carbocycles. The fourth-order valence-electron chi connectivity index (χ4n) is 3.64. The molecule has 0 aliphatic rings. The number of hydrogen-bond donors (Lipinski definition) is 4. The van der Waals surface area contributed by atoms with Crippen LogP contribution in [-0.2, 0) is 16.0 Å². The molecule has 1 heterocycles. The predicted molar refractivity (Wildman–Crippen MR) is 146 cm³/mol. The van der Waals surface area contributed by atoms with Gasteiger partial charge in [0.15, 0.2) is 0 Å². The summed E-state index contributed by atoms with van der Waals surface area (Å²) in [4.78, 5) is 25.3. The fourth-order valence-corrected chi connectivity index (χ4v) is 3.64. The average Bonchev–Trinajstić information content (AvgIpc) is 2.89. The van der Waals surface area contributed by atoms with Gasteiger partial charge in [-0.25, -0.2) is 4.79 Å². The Morgan fingerprint density at radius 2 is 1.65 bits per heavy atom. The number of benzene rings is 3. The topological polar surface area (TPSA) is 120 Å². The normalized spacial score (nSPS) is 11.4. The van der Waals surface area contributed by atoms with E-state index in [0.29, 0.717) is 6.41 Å². The van der Waals surface area contributed by atoms with E-state index < -0.39 is 12.0 Å². The molecular formula is C30H28N2O5. The molecule has 4 rings (SSSR count). The summed E-state index contributed by atoms with van der Waals surface area (Å²) in [5.41, 5.74) is 5.40. The first-order valence-electron chi connectivity index (χ1n) is 11.5. The lowest BCUT2D eigenvalue weighted by molar-refractivity contribution is -0.140. The second-order valence-corrected chi connectivity index (χ2v) is 8.32. The molecule has 0 aliphatic carbocycles. The number of aliphatic hydroxyl groups is 1. The number of carboxylic acid groups (broad SMARTS) is 1. The highest BCUT2D eigenvalue weighted by atomic mass is 16.4. The number of aliphatic carboxylic acids is 1. The molecule has 0 bridgehead atoms. The van der Waals surface area contributed by atoms with Gasteiger partial charge in [0.2, 0.25) is 6.41 Å². The molecule has 4 N–H and O–H groups in total. The Morgan fingerprint density at radius 1 is 0.973 bits per heavy atom. The lowest BCUT2D eigenvalue weighted by atomic mass is 10.0. The van der Waals surface area contributed by atoms with Crippen LogP contribution in [0.15, 0.2) is 85.4 Å². The summed E-state index contributed by atoms with van der Waals surface area (Å²) in [5.74, 6) is -0.899. The second kappa shape index (κ2) is 12.7. The van der Waals surface area contributed by atoms with E-state index in [1.807, 2.05) is 49.4 Å². The number of aryl methyl sites for hydroxylation is 1. The number of phenols is 1. The van der Waals surface area contributed by atoms with Gasteiger partial charge in [-0.3, -0.25) is 9.78 Å². The molecule has 7 heteroatoms. The summed E-state index contributed by atoms with van der Waals surface area (Å²) >= 11 is 0. The molecule has 4 aromatic rings. The number of amides is 1. The summed E-state index contributed by atoms with van der Waals surface area (Å²) < 4.78 is 0. The third-order valence-corrected chi connectivity index (χ3v) is 5.48. The van der Waals surface area contributed by atoms with E-state index in [2.05, 4.69) is 41.2 Å². The molecule has 188 valence electrons. The van der Waals surface area contributed by atoms with Crippen LogP contribution in [0.5, 0.6) is 5.75 Å². The Balaban J connectivity index is 0.000000222. The molecule has 0 spiro atoms. The number of nitrogens with one attached hydrogen (secondary N) is 1. The number of carbonyl (C=O) groups excluding carboxylic acids is 1. The van der Waals surface area contributed by atoms with Crippen molar-refractivity contribution in [3.63, 3.8) is 0 Å². The zero-order valence-corrected chi connectivity index (χ0v) is 20.3. The standard InChI is InChI=1S/C20H17NO.C10H11NO4/c1-14-12-18(15(2)22)19-13-17(10-11-20(19)21-14)9-8-16-6-4-3-5-7-16;12-6-11-9(10(14)15)5-7-1-3-8(13)4-2-7/h3-13,22H,2H2,1H3;1-4,6,9,13H,5H2,(H,11,12)(H,14,15)/b9-8+;. The van der Waals surface area contributed by atoms with Crippen LogP contribution in [0.3, 0.4) is 0 Å². The van der Waals surface area contributed by atoms with Crippen molar-refractivity contribution in [3.8, 4) is 5.75 Å². The van der Waals surface area contributed by atoms with Crippen LogP contribution in [0.2, 0.25) is 0 Å². The van der Waals surface area contributed by atoms with Gasteiger partial charge in [-0.2, -0.15) is 0 Å². The molecule has 0 radical (unpaired) electrons. The number of rotatable bonds is 8. The largest absolute Gasteiger partial charge is 0.508 e. The Hall–Kier alpha value is -4.91. The quantitative estimate of drug-likeness (QED) is 0.148. The summed E-state index contributed by atoms with van der Waals surface area (Å²) in [6.45, 7) is 5.56. The fraction of sp³-hybridized carbons (Fsp3) is 0.100. The maximum Gasteiger partial charge on any atom is 0.326 e. The van der Waals surface area contributed by atoms with Crippen LogP contribution in [0.25, 0.3) is 28.8 Å². The third kappa shape index (κ3) is 7.80. The zero-order valence-electron chi connectivity index (χ0n) is 20.3. The molecule has 0 saturated heterocycles. The highest BCUT2D eigenvalue weighted by molar-refractivity contribution is 5.91. The lowest BCUT2D eigenvalue weighted by Gasteiger charge is -2.10. The number of fused-ring (bicyclic) bond motifs is 1. The van der Waals surface area contributed by atoms with Gasteiger partial charge in [0.25, 0.3) is 0 Å². The lowest BCUT2D eigenvalue weighted by Crippen LogP contribution is -2.37. The summed E-state index contributed by atoms with van der Waals surface area (Å²) in [5, 5.41) is 30.7. The molecule has 1 atom stereocenters. The van der Waals surface area contributed by atoms with Gasteiger partial charge in [-0.05, 0) is 53.9 Å². The van der Waals surface area contributed by atoms with Crippen molar-refractivity contribution in [3.05, 3.63) is 113 Å². The van der Waals surface area contributed by atoms with Gasteiger partial charge < -0.3 is 20.6 Å². The minimum atomic E-state index is -1.09. The first-order chi connectivity index (χ1) is 17.8. The van der Waals surface area contributed by atoms with E-state index >= 15 is 0 Å². The van der Waals surface area contributed by atoms with Gasteiger partial charge in [0.05, 0.1) is 5.52 Å². The van der Waals surface area contributed by atoms with Gasteiger partial charge in [-0.1, -0.05) is 67.3 Å². The number of hydrogen-bond acceptors (Lipinski definition) is 5. The Kier molecular flexibility index (Phi) is 9.16. The smallest absolute Gasteiger partial charge is 0.326 e. The SMILES string of the molecule is C=C(O)c1cc(C)nc2ccc(/C=C/c3ccccc3)cc12.O=CNC(Cc1ccc(O)cc1)C(=O)O. The zero-order chi connectivity index (χ0) is 26.8. The van der Waals surface area contributed by atoms with Crippen LogP contribution >= 0.6 is 0 Å². The van der Waals surface area contributed by atoms with E-state index in [9.17, 15) is 14.7 Å². The van der Waals surface area contributed by atoms with Gasteiger partial charge in [0.1, 0.15) is 17.6 Å². The first-order valence-corrected chi connectivity index (χ1v) is 11.5. The summed E-state index contributed by atoms with van der Waals surface area (Å²) in [6, 6.07) is 23.2. The van der Waals surface area contributed by atoms with E-state index in [1.165, 1.54) is 12.1 Å². The molecule has 1 unspecified atom stereocenters. The maximum atomic E-state index is 10.7. The number of aromatic hydroxyl groups is 1. The maximum absolute atomic E-state index is 10.7. The van der Waals surface area contributed by atoms with Crippen molar-refractivity contribution in [2.75, 3.05) is 0 Å². The monoisotopic (exact) mass is 496 g/mol. The number of aromatic nitrogens is 1. The minimum absolute atomic E-state index is 0.0692. The molecule has 7 nitrogen and oxygen atoms in total. The summed E-state index contributed by atoms with van der Waals surface area (Å²) in [6.07, 6.45) is 4.67. The van der Waals surface area contributed by atoms with Gasteiger partial charge in [0, 0.05) is 23.1 Å². The van der Waals surface area contributed by atoms with E-state index in [0.717, 1.165) is 38.9 Å². The van der Waals surface area contributed by atoms with Crippen molar-refractivity contribution in [2.45, 2.75) is 19.4 Å². The van der Waals surface area contributed by atoms with Crippen LogP contribution < -0.4 is 5.32 Å². The van der Waals surface area contributed by atoms with Crippen LogP contribution in [0.4, 0.5) is 0 Å². The van der Waals surface area contributed by atoms with E-state index in [-0.39, 0.29) is 17.9 Å². The first kappa shape index (κ1) is 26.7. The highest BCUT2D eigenvalue weighted by Crippen LogP contribution is 2.25. The van der Waals surface area contributed by atoms with Gasteiger partial charge in [-0.15, -0.1) is 0 Å².